The minimum absolute atomic E-state index is 0.134. The maximum atomic E-state index is 14.0. The number of aromatic nitrogens is 5. The third-order valence-electron chi connectivity index (χ3n) is 6.04. The van der Waals surface area contributed by atoms with Gasteiger partial charge in [-0.1, -0.05) is 17.4 Å². The number of thiazole rings is 1. The number of allylic oxidation sites excluding steroid dienone is 1. The number of carbonyl (C=O) groups excluding carboxylic acids is 2. The molecule has 0 saturated carbocycles. The molecule has 0 bridgehead atoms. The van der Waals surface area contributed by atoms with Crippen LogP contribution in [0.15, 0.2) is 55.3 Å². The molecule has 0 radical (unpaired) electrons. The lowest BCUT2D eigenvalue weighted by molar-refractivity contribution is -0.135. The lowest BCUT2D eigenvalue weighted by atomic mass is 10.2. The number of nitrogens with zero attached hydrogens (tertiary/aromatic N) is 6. The Hall–Kier alpha value is -4.19. The molecule has 37 heavy (non-hydrogen) atoms. The van der Waals surface area contributed by atoms with Crippen molar-refractivity contribution in [1.82, 2.24) is 34.7 Å². The van der Waals surface area contributed by atoms with Gasteiger partial charge in [-0.15, -0.1) is 0 Å². The van der Waals surface area contributed by atoms with Gasteiger partial charge in [-0.25, -0.2) is 19.3 Å². The SMILES string of the molecule is C/C=C\C(=O)N1CCCC1C(=O)NCCn1cnc2cnc(Nc3ncc(-c4ncccc4F)s3)cc21. The topological polar surface area (TPSA) is 118 Å². The Bertz CT molecular complexity index is 1470. The van der Waals surface area contributed by atoms with Crippen LogP contribution in [0.3, 0.4) is 0 Å². The predicted molar refractivity (Wildman–Crippen MR) is 139 cm³/mol. The number of fused-ring (bicyclic) bond motifs is 1. The van der Waals surface area contributed by atoms with Crippen LogP contribution in [0.25, 0.3) is 21.6 Å². The van der Waals surface area contributed by atoms with Crippen LogP contribution in [-0.4, -0.2) is 60.3 Å². The molecule has 190 valence electrons. The largest absolute Gasteiger partial charge is 0.353 e. The number of anilines is 2. The molecule has 1 unspecified atom stereocenters. The first-order valence-electron chi connectivity index (χ1n) is 11.9. The van der Waals surface area contributed by atoms with Crippen molar-refractivity contribution < 1.29 is 14.0 Å². The van der Waals surface area contributed by atoms with E-state index in [9.17, 15) is 14.0 Å². The van der Waals surface area contributed by atoms with Crippen LogP contribution in [0, 0.1) is 5.82 Å². The van der Waals surface area contributed by atoms with E-state index < -0.39 is 11.9 Å². The fourth-order valence-electron chi connectivity index (χ4n) is 4.28. The van der Waals surface area contributed by atoms with E-state index in [0.717, 1.165) is 11.9 Å². The third-order valence-corrected chi connectivity index (χ3v) is 6.96. The molecule has 1 saturated heterocycles. The Morgan fingerprint density at radius 2 is 2.14 bits per heavy atom. The van der Waals surface area contributed by atoms with Crippen molar-refractivity contribution in [2.24, 2.45) is 0 Å². The number of rotatable bonds is 8. The van der Waals surface area contributed by atoms with E-state index in [1.165, 1.54) is 29.7 Å². The highest BCUT2D eigenvalue weighted by molar-refractivity contribution is 7.18. The molecule has 4 aromatic heterocycles. The summed E-state index contributed by atoms with van der Waals surface area (Å²) in [5.41, 5.74) is 1.81. The van der Waals surface area contributed by atoms with E-state index >= 15 is 0 Å². The number of nitrogens with one attached hydrogen (secondary N) is 2. The fourth-order valence-corrected chi connectivity index (χ4v) is 5.11. The summed E-state index contributed by atoms with van der Waals surface area (Å²) in [6.07, 6.45) is 11.1. The number of amides is 2. The van der Waals surface area contributed by atoms with Crippen LogP contribution in [-0.2, 0) is 16.1 Å². The van der Waals surface area contributed by atoms with Gasteiger partial charge in [0.1, 0.15) is 28.9 Å². The van der Waals surface area contributed by atoms with Gasteiger partial charge in [-0.3, -0.25) is 14.6 Å². The zero-order valence-corrected chi connectivity index (χ0v) is 20.9. The molecule has 2 N–H and O–H groups in total. The third kappa shape index (κ3) is 5.33. The zero-order chi connectivity index (χ0) is 25.8. The normalized spacial score (nSPS) is 15.5. The highest BCUT2D eigenvalue weighted by Crippen LogP contribution is 2.31. The maximum Gasteiger partial charge on any atom is 0.246 e. The van der Waals surface area contributed by atoms with Crippen LogP contribution < -0.4 is 10.6 Å². The van der Waals surface area contributed by atoms with Crippen LogP contribution >= 0.6 is 11.3 Å². The average Bonchev–Trinajstić information content (AvgIpc) is 3.65. The lowest BCUT2D eigenvalue weighted by Gasteiger charge is -2.22. The van der Waals surface area contributed by atoms with Crippen LogP contribution in [0.4, 0.5) is 15.3 Å². The first-order valence-corrected chi connectivity index (χ1v) is 12.7. The molecule has 0 spiro atoms. The summed E-state index contributed by atoms with van der Waals surface area (Å²) < 4.78 is 16.0. The van der Waals surface area contributed by atoms with Crippen molar-refractivity contribution in [2.45, 2.75) is 32.4 Å². The van der Waals surface area contributed by atoms with E-state index in [0.29, 0.717) is 47.4 Å². The minimum atomic E-state index is -0.439. The monoisotopic (exact) mass is 520 g/mol. The van der Waals surface area contributed by atoms with Gasteiger partial charge in [0.2, 0.25) is 11.8 Å². The summed E-state index contributed by atoms with van der Waals surface area (Å²) in [6, 6.07) is 4.32. The number of likely N-dealkylation sites (tertiary alicyclic amines) is 1. The molecule has 0 aliphatic carbocycles. The number of hydrogen-bond donors (Lipinski definition) is 2. The van der Waals surface area contributed by atoms with Gasteiger partial charge in [-0.2, -0.15) is 0 Å². The number of pyridine rings is 2. The second-order valence-corrected chi connectivity index (χ2v) is 9.50. The number of halogens is 1. The standard InChI is InChI=1S/C25H25FN8O2S/c1-2-5-22(35)34-10-4-7-18(34)24(36)28-9-11-33-15-31-17-13-29-21(12-19(17)33)32-25-30-14-20(37-25)23-16(26)6-3-8-27-23/h2-3,5-6,8,12-15,18H,4,7,9-11H2,1H3,(H,28,36)(H,29,30,32)/b5-2-. The Morgan fingerprint density at radius 1 is 1.24 bits per heavy atom. The second kappa shape index (κ2) is 10.8. The molecular formula is C25H25FN8O2S. The molecule has 2 amide bonds. The van der Waals surface area contributed by atoms with E-state index in [1.54, 1.807) is 42.7 Å². The van der Waals surface area contributed by atoms with Gasteiger partial charge in [-0.05, 0) is 38.0 Å². The van der Waals surface area contributed by atoms with Gasteiger partial charge in [0.25, 0.3) is 0 Å². The van der Waals surface area contributed by atoms with Crippen LogP contribution in [0.2, 0.25) is 0 Å². The maximum absolute atomic E-state index is 14.0. The Morgan fingerprint density at radius 3 is 2.97 bits per heavy atom. The van der Waals surface area contributed by atoms with Gasteiger partial charge in [0, 0.05) is 38.1 Å². The molecule has 0 aromatic carbocycles. The van der Waals surface area contributed by atoms with Crippen molar-refractivity contribution >= 4 is 45.1 Å². The second-order valence-electron chi connectivity index (χ2n) is 8.47. The molecule has 5 heterocycles. The summed E-state index contributed by atoms with van der Waals surface area (Å²) in [6.45, 7) is 3.27. The highest BCUT2D eigenvalue weighted by Gasteiger charge is 2.32. The Balaban J connectivity index is 1.23. The molecular weight excluding hydrogens is 495 g/mol. The number of hydrogen-bond acceptors (Lipinski definition) is 8. The van der Waals surface area contributed by atoms with Gasteiger partial charge >= 0.3 is 0 Å². The molecule has 1 aliphatic rings. The first-order chi connectivity index (χ1) is 18.0. The molecule has 1 atom stereocenters. The van der Waals surface area contributed by atoms with Crippen molar-refractivity contribution in [1.29, 1.82) is 0 Å². The van der Waals surface area contributed by atoms with E-state index in [4.69, 9.17) is 0 Å². The molecule has 4 aromatic rings. The quantitative estimate of drug-likeness (QED) is 0.341. The fraction of sp³-hybridized carbons (Fsp3) is 0.280. The van der Waals surface area contributed by atoms with Gasteiger partial charge < -0.3 is 20.1 Å². The van der Waals surface area contributed by atoms with Crippen LogP contribution in [0.1, 0.15) is 19.8 Å². The van der Waals surface area contributed by atoms with E-state index in [1.807, 2.05) is 10.6 Å². The van der Waals surface area contributed by atoms with E-state index in [2.05, 4.69) is 30.6 Å². The van der Waals surface area contributed by atoms with Crippen molar-refractivity contribution in [3.8, 4) is 10.6 Å². The van der Waals surface area contributed by atoms with Gasteiger partial charge in [0.05, 0.1) is 22.9 Å². The van der Waals surface area contributed by atoms with Crippen molar-refractivity contribution in [3.63, 3.8) is 0 Å². The molecule has 12 heteroatoms. The molecule has 5 rings (SSSR count). The Labute approximate surface area is 216 Å². The smallest absolute Gasteiger partial charge is 0.246 e. The zero-order valence-electron chi connectivity index (χ0n) is 20.1. The number of imidazole rings is 1. The van der Waals surface area contributed by atoms with Crippen molar-refractivity contribution in [2.75, 3.05) is 18.4 Å². The minimum Gasteiger partial charge on any atom is -0.353 e. The average molecular weight is 521 g/mol. The molecule has 1 aliphatic heterocycles. The Kier molecular flexibility index (Phi) is 7.17. The van der Waals surface area contributed by atoms with E-state index in [-0.39, 0.29) is 17.5 Å². The first kappa shape index (κ1) is 24.5. The highest BCUT2D eigenvalue weighted by atomic mass is 32.1. The molecule has 1 fully saturated rings. The van der Waals surface area contributed by atoms with Crippen LogP contribution in [0.5, 0.6) is 0 Å². The predicted octanol–water partition coefficient (Wildman–Crippen LogP) is 3.52. The summed E-state index contributed by atoms with van der Waals surface area (Å²) in [5.74, 6) is -0.124. The summed E-state index contributed by atoms with van der Waals surface area (Å²) in [4.78, 5) is 44.4. The summed E-state index contributed by atoms with van der Waals surface area (Å²) in [5, 5.41) is 6.66. The number of carbonyl (C=O) groups is 2. The van der Waals surface area contributed by atoms with Crippen molar-refractivity contribution in [3.05, 3.63) is 61.1 Å². The lowest BCUT2D eigenvalue weighted by Crippen LogP contribution is -2.46. The van der Waals surface area contributed by atoms with Gasteiger partial charge in [0.15, 0.2) is 5.13 Å². The summed E-state index contributed by atoms with van der Waals surface area (Å²) >= 11 is 1.27. The molecule has 10 nitrogen and oxygen atoms in total. The summed E-state index contributed by atoms with van der Waals surface area (Å²) in [7, 11) is 0.